The minimum Gasteiger partial charge on any atom is -0.291 e. The summed E-state index contributed by atoms with van der Waals surface area (Å²) in [6.45, 7) is 3.44. The Kier molecular flexibility index (Phi) is 4.07. The Bertz CT molecular complexity index is 749. The summed E-state index contributed by atoms with van der Waals surface area (Å²) in [6.07, 6.45) is 0. The van der Waals surface area contributed by atoms with Crippen LogP contribution in [0.15, 0.2) is 40.2 Å². The first-order valence-corrected chi connectivity index (χ1v) is 6.09. The van der Waals surface area contributed by atoms with Crippen molar-refractivity contribution in [2.45, 2.75) is 13.8 Å². The smallest absolute Gasteiger partial charge is 0.269 e. The lowest BCUT2D eigenvalue weighted by Crippen LogP contribution is -2.11. The fourth-order valence-electron chi connectivity index (χ4n) is 1.66. The highest BCUT2D eigenvalue weighted by molar-refractivity contribution is 5.99. The number of anilines is 1. The van der Waals surface area contributed by atoms with Gasteiger partial charge in [-0.1, -0.05) is 0 Å². The number of aryl methyl sites for hydroxylation is 1. The maximum Gasteiger partial charge on any atom is 0.269 e. The van der Waals surface area contributed by atoms with Crippen LogP contribution < -0.4 is 11.0 Å². The predicted molar refractivity (Wildman–Crippen MR) is 78.5 cm³/mol. The quantitative estimate of drug-likeness (QED) is 0.506. The number of hydrogen-bond acceptors (Lipinski definition) is 6. The molecule has 2 N–H and O–H groups in total. The van der Waals surface area contributed by atoms with Crippen LogP contribution in [0, 0.1) is 17.0 Å². The van der Waals surface area contributed by atoms with Crippen LogP contribution in [0.4, 0.5) is 11.6 Å². The number of aromatic nitrogens is 2. The van der Waals surface area contributed by atoms with Crippen LogP contribution in [0.5, 0.6) is 0 Å². The summed E-state index contributed by atoms with van der Waals surface area (Å²) in [5.41, 5.74) is 4.30. The van der Waals surface area contributed by atoms with Crippen LogP contribution in [0.25, 0.3) is 0 Å². The van der Waals surface area contributed by atoms with Crippen molar-refractivity contribution >= 4 is 17.3 Å². The van der Waals surface area contributed by atoms with Crippen LogP contribution >= 0.6 is 0 Å². The van der Waals surface area contributed by atoms with Crippen LogP contribution in [0.1, 0.15) is 18.2 Å². The highest BCUT2D eigenvalue weighted by atomic mass is 16.6. The standard InChI is InChI=1S/C13H13N5O3/c1-8-7-12(19)15-13(14-8)17-16-9(2)10-3-5-11(6-4-10)18(20)21/h3-7H,1-2H3,(H2,14,15,17,19). The second kappa shape index (κ2) is 5.95. The average Bonchev–Trinajstić information content (AvgIpc) is 2.44. The molecule has 0 spiro atoms. The number of nitrogens with one attached hydrogen (secondary N) is 2. The lowest BCUT2D eigenvalue weighted by molar-refractivity contribution is -0.384. The van der Waals surface area contributed by atoms with Gasteiger partial charge in [0.1, 0.15) is 0 Å². The Morgan fingerprint density at radius 2 is 2.05 bits per heavy atom. The molecule has 0 unspecified atom stereocenters. The van der Waals surface area contributed by atoms with Crippen molar-refractivity contribution in [3.05, 3.63) is 62.1 Å². The third kappa shape index (κ3) is 3.72. The van der Waals surface area contributed by atoms with Crippen LogP contribution in [-0.2, 0) is 0 Å². The molecule has 0 atom stereocenters. The minimum atomic E-state index is -0.462. The lowest BCUT2D eigenvalue weighted by atomic mass is 10.1. The first kappa shape index (κ1) is 14.4. The van der Waals surface area contributed by atoms with E-state index in [0.29, 0.717) is 11.4 Å². The number of non-ortho nitro benzene ring substituents is 1. The second-order valence-electron chi connectivity index (χ2n) is 4.35. The molecule has 0 fully saturated rings. The molecule has 0 radical (unpaired) electrons. The van der Waals surface area contributed by atoms with Crippen molar-refractivity contribution in [2.24, 2.45) is 5.10 Å². The molecular weight excluding hydrogens is 274 g/mol. The Morgan fingerprint density at radius 1 is 1.38 bits per heavy atom. The topological polar surface area (TPSA) is 113 Å². The summed E-state index contributed by atoms with van der Waals surface area (Å²) in [5, 5.41) is 14.7. The van der Waals surface area contributed by atoms with Gasteiger partial charge < -0.3 is 0 Å². The summed E-state index contributed by atoms with van der Waals surface area (Å²) in [4.78, 5) is 28.0. The SMILES string of the molecule is CC(=NNc1nc(C)cc(=O)[nH]1)c1ccc([N+](=O)[O-])cc1. The fraction of sp³-hybridized carbons (Fsp3) is 0.154. The highest BCUT2D eigenvalue weighted by Crippen LogP contribution is 2.12. The van der Waals surface area contributed by atoms with E-state index in [1.807, 2.05) is 0 Å². The third-order valence-corrected chi connectivity index (χ3v) is 2.70. The number of rotatable bonds is 4. The van der Waals surface area contributed by atoms with E-state index in [0.717, 1.165) is 5.56 Å². The Labute approximate surface area is 119 Å². The van der Waals surface area contributed by atoms with Gasteiger partial charge in [0.15, 0.2) is 0 Å². The van der Waals surface area contributed by atoms with Gasteiger partial charge in [-0.25, -0.2) is 10.4 Å². The zero-order valence-corrected chi connectivity index (χ0v) is 11.5. The van der Waals surface area contributed by atoms with Gasteiger partial charge in [-0.05, 0) is 31.5 Å². The van der Waals surface area contributed by atoms with Crippen molar-refractivity contribution in [3.63, 3.8) is 0 Å². The average molecular weight is 287 g/mol. The zero-order chi connectivity index (χ0) is 15.4. The molecular formula is C13H13N5O3. The van der Waals surface area contributed by atoms with E-state index in [4.69, 9.17) is 0 Å². The van der Waals surface area contributed by atoms with Crippen molar-refractivity contribution in [1.29, 1.82) is 0 Å². The van der Waals surface area contributed by atoms with E-state index < -0.39 is 4.92 Å². The largest absolute Gasteiger partial charge is 0.291 e. The van der Waals surface area contributed by atoms with E-state index in [1.165, 1.54) is 18.2 Å². The van der Waals surface area contributed by atoms with Gasteiger partial charge in [0, 0.05) is 23.9 Å². The van der Waals surface area contributed by atoms with Gasteiger partial charge in [0.2, 0.25) is 5.95 Å². The maximum atomic E-state index is 11.3. The fourth-order valence-corrected chi connectivity index (χ4v) is 1.66. The molecule has 0 aliphatic carbocycles. The van der Waals surface area contributed by atoms with Gasteiger partial charge in [-0.15, -0.1) is 0 Å². The van der Waals surface area contributed by atoms with Crippen molar-refractivity contribution in [2.75, 3.05) is 5.43 Å². The molecule has 0 saturated heterocycles. The van der Waals surface area contributed by atoms with Crippen molar-refractivity contribution in [3.8, 4) is 0 Å². The van der Waals surface area contributed by atoms with Gasteiger partial charge >= 0.3 is 0 Å². The predicted octanol–water partition coefficient (Wildman–Crippen LogP) is 1.82. The Balaban J connectivity index is 2.17. The summed E-state index contributed by atoms with van der Waals surface area (Å²) >= 11 is 0. The molecule has 108 valence electrons. The third-order valence-electron chi connectivity index (χ3n) is 2.70. The monoisotopic (exact) mass is 287 g/mol. The molecule has 21 heavy (non-hydrogen) atoms. The van der Waals surface area contributed by atoms with E-state index in [9.17, 15) is 14.9 Å². The first-order valence-electron chi connectivity index (χ1n) is 6.09. The van der Waals surface area contributed by atoms with Gasteiger partial charge in [0.05, 0.1) is 10.6 Å². The van der Waals surface area contributed by atoms with Crippen molar-refractivity contribution in [1.82, 2.24) is 9.97 Å². The summed E-state index contributed by atoms with van der Waals surface area (Å²) < 4.78 is 0. The number of H-pyrrole nitrogens is 1. The molecule has 2 aromatic rings. The molecule has 8 nitrogen and oxygen atoms in total. The highest BCUT2D eigenvalue weighted by Gasteiger charge is 2.05. The van der Waals surface area contributed by atoms with Gasteiger partial charge in [-0.3, -0.25) is 19.9 Å². The van der Waals surface area contributed by atoms with E-state index in [-0.39, 0.29) is 17.2 Å². The lowest BCUT2D eigenvalue weighted by Gasteiger charge is -2.03. The maximum absolute atomic E-state index is 11.3. The molecule has 1 aromatic heterocycles. The number of nitro groups is 1. The summed E-state index contributed by atoms with van der Waals surface area (Å²) in [6, 6.07) is 7.39. The van der Waals surface area contributed by atoms with Crippen LogP contribution in [0.2, 0.25) is 0 Å². The number of benzene rings is 1. The second-order valence-corrected chi connectivity index (χ2v) is 4.35. The van der Waals surface area contributed by atoms with E-state index >= 15 is 0 Å². The number of nitrogens with zero attached hydrogens (tertiary/aromatic N) is 3. The number of aromatic amines is 1. The Hall–Kier alpha value is -3.03. The molecule has 0 aliphatic heterocycles. The van der Waals surface area contributed by atoms with E-state index in [1.54, 1.807) is 26.0 Å². The van der Waals surface area contributed by atoms with E-state index in [2.05, 4.69) is 20.5 Å². The van der Waals surface area contributed by atoms with Crippen LogP contribution in [0.3, 0.4) is 0 Å². The first-order chi connectivity index (χ1) is 9.95. The number of hydrogen-bond donors (Lipinski definition) is 2. The van der Waals surface area contributed by atoms with Crippen molar-refractivity contribution < 1.29 is 4.92 Å². The molecule has 1 heterocycles. The molecule has 0 aliphatic rings. The Morgan fingerprint density at radius 3 is 2.62 bits per heavy atom. The van der Waals surface area contributed by atoms with Gasteiger partial charge in [0.25, 0.3) is 11.2 Å². The molecule has 2 rings (SSSR count). The number of hydrazone groups is 1. The summed E-state index contributed by atoms with van der Waals surface area (Å²) in [7, 11) is 0. The van der Waals surface area contributed by atoms with Gasteiger partial charge in [-0.2, -0.15) is 5.10 Å². The normalized spacial score (nSPS) is 11.2. The number of nitro benzene ring substituents is 1. The molecule has 0 amide bonds. The van der Waals surface area contributed by atoms with Crippen LogP contribution in [-0.4, -0.2) is 20.6 Å². The molecule has 0 bridgehead atoms. The zero-order valence-electron chi connectivity index (χ0n) is 11.5. The summed E-state index contributed by atoms with van der Waals surface area (Å²) in [5.74, 6) is 0.237. The molecule has 1 aromatic carbocycles. The minimum absolute atomic E-state index is 0.0178. The molecule has 8 heteroatoms. The molecule has 0 saturated carbocycles.